The van der Waals surface area contributed by atoms with Gasteiger partial charge in [-0.15, -0.1) is 16.4 Å². The minimum atomic E-state index is -3.64. The van der Waals surface area contributed by atoms with Gasteiger partial charge in [0, 0.05) is 29.6 Å². The molecule has 22 heavy (non-hydrogen) atoms. The minimum Gasteiger partial charge on any atom is -0.402 e. The third kappa shape index (κ3) is 3.16. The van der Waals surface area contributed by atoms with Crippen LogP contribution in [-0.4, -0.2) is 36.8 Å². The molecular weight excluding hydrogens is 350 g/mol. The molecule has 3 rings (SSSR count). The molecule has 0 radical (unpaired) electrons. The monoisotopic (exact) mass is 361 g/mol. The standard InChI is InChI=1S/C12H12ClN3O4S2/c1-7-2-3-21-10(7)11-14-15-12(20-11)16-5-8(4-9(16)17)6-22(13,18)19/h2-3,8H,4-6H2,1H3. The van der Waals surface area contributed by atoms with Gasteiger partial charge in [-0.25, -0.2) is 8.42 Å². The largest absolute Gasteiger partial charge is 0.402 e. The van der Waals surface area contributed by atoms with Crippen LogP contribution in [0.1, 0.15) is 12.0 Å². The van der Waals surface area contributed by atoms with Crippen molar-refractivity contribution < 1.29 is 17.6 Å². The molecule has 2 aromatic rings. The Hall–Kier alpha value is -1.45. The second-order valence-electron chi connectivity index (χ2n) is 5.10. The van der Waals surface area contributed by atoms with E-state index in [1.807, 2.05) is 18.4 Å². The lowest BCUT2D eigenvalue weighted by atomic mass is 10.1. The molecule has 0 aliphatic carbocycles. The first kappa shape index (κ1) is 15.4. The van der Waals surface area contributed by atoms with Crippen molar-refractivity contribution in [2.24, 2.45) is 5.92 Å². The fourth-order valence-corrected chi connectivity index (χ4v) is 4.53. The Kier molecular flexibility index (Phi) is 3.96. The molecular formula is C12H12ClN3O4S2. The predicted molar refractivity (Wildman–Crippen MR) is 82.4 cm³/mol. The number of thiophene rings is 1. The van der Waals surface area contributed by atoms with E-state index in [0.29, 0.717) is 5.89 Å². The van der Waals surface area contributed by atoms with Crippen molar-refractivity contribution >= 4 is 43.0 Å². The van der Waals surface area contributed by atoms with Gasteiger partial charge in [0.2, 0.25) is 15.0 Å². The van der Waals surface area contributed by atoms with Crippen LogP contribution in [0.15, 0.2) is 15.9 Å². The third-order valence-corrected chi connectivity index (χ3v) is 5.59. The molecule has 1 atom stereocenters. The van der Waals surface area contributed by atoms with Crippen molar-refractivity contribution in [1.29, 1.82) is 0 Å². The van der Waals surface area contributed by atoms with Gasteiger partial charge in [-0.05, 0) is 23.9 Å². The highest BCUT2D eigenvalue weighted by Gasteiger charge is 2.36. The number of nitrogens with zero attached hydrogens (tertiary/aromatic N) is 3. The summed E-state index contributed by atoms with van der Waals surface area (Å²) in [6.45, 7) is 2.13. The second kappa shape index (κ2) is 5.64. The van der Waals surface area contributed by atoms with E-state index in [2.05, 4.69) is 10.2 Å². The lowest BCUT2D eigenvalue weighted by Gasteiger charge is -2.10. The van der Waals surface area contributed by atoms with E-state index in [1.165, 1.54) is 16.2 Å². The topological polar surface area (TPSA) is 93.4 Å². The van der Waals surface area contributed by atoms with Gasteiger partial charge in [0.05, 0.1) is 10.6 Å². The normalized spacial score (nSPS) is 19.1. The number of rotatable bonds is 4. The molecule has 1 fully saturated rings. The van der Waals surface area contributed by atoms with Crippen LogP contribution in [0.5, 0.6) is 0 Å². The number of aryl methyl sites for hydroxylation is 1. The van der Waals surface area contributed by atoms with Crippen molar-refractivity contribution in [3.8, 4) is 10.8 Å². The van der Waals surface area contributed by atoms with Gasteiger partial charge in [0.1, 0.15) is 0 Å². The maximum atomic E-state index is 12.0. The highest BCUT2D eigenvalue weighted by atomic mass is 35.7. The molecule has 0 N–H and O–H groups in total. The zero-order valence-corrected chi connectivity index (χ0v) is 13.9. The number of amides is 1. The first-order chi connectivity index (χ1) is 10.3. The molecule has 118 valence electrons. The van der Waals surface area contributed by atoms with E-state index >= 15 is 0 Å². The molecule has 0 saturated carbocycles. The van der Waals surface area contributed by atoms with Crippen LogP contribution in [0.3, 0.4) is 0 Å². The maximum absolute atomic E-state index is 12.0. The van der Waals surface area contributed by atoms with Crippen LogP contribution in [-0.2, 0) is 13.8 Å². The summed E-state index contributed by atoms with van der Waals surface area (Å²) in [6, 6.07) is 2.02. The average molecular weight is 362 g/mol. The fraction of sp³-hybridized carbons (Fsp3) is 0.417. The number of carbonyl (C=O) groups is 1. The third-order valence-electron chi connectivity index (χ3n) is 3.34. The van der Waals surface area contributed by atoms with E-state index in [4.69, 9.17) is 15.1 Å². The number of carbonyl (C=O) groups excluding carboxylic acids is 1. The molecule has 7 nitrogen and oxygen atoms in total. The minimum absolute atomic E-state index is 0.0854. The molecule has 1 aliphatic rings. The van der Waals surface area contributed by atoms with E-state index in [-0.39, 0.29) is 36.6 Å². The number of hydrogen-bond acceptors (Lipinski definition) is 7. The van der Waals surface area contributed by atoms with Gasteiger partial charge in [-0.2, -0.15) is 0 Å². The highest BCUT2D eigenvalue weighted by Crippen LogP contribution is 2.31. The van der Waals surface area contributed by atoms with E-state index in [1.54, 1.807) is 0 Å². The van der Waals surface area contributed by atoms with Gasteiger partial charge in [0.25, 0.3) is 5.89 Å². The molecule has 1 amide bonds. The van der Waals surface area contributed by atoms with E-state index in [0.717, 1.165) is 10.4 Å². The smallest absolute Gasteiger partial charge is 0.325 e. The molecule has 0 spiro atoms. The summed E-state index contributed by atoms with van der Waals surface area (Å²) in [6.07, 6.45) is 0.0989. The Balaban J connectivity index is 1.79. The summed E-state index contributed by atoms with van der Waals surface area (Å²) < 4.78 is 27.8. The highest BCUT2D eigenvalue weighted by molar-refractivity contribution is 8.13. The Morgan fingerprint density at radius 3 is 2.91 bits per heavy atom. The first-order valence-corrected chi connectivity index (χ1v) is 9.80. The van der Waals surface area contributed by atoms with E-state index < -0.39 is 9.05 Å². The lowest BCUT2D eigenvalue weighted by molar-refractivity contribution is -0.117. The lowest BCUT2D eigenvalue weighted by Crippen LogP contribution is -2.25. The van der Waals surface area contributed by atoms with Crippen molar-refractivity contribution in [2.75, 3.05) is 17.2 Å². The summed E-state index contributed by atoms with van der Waals surface area (Å²) in [5, 5.41) is 9.76. The van der Waals surface area contributed by atoms with Crippen LogP contribution in [0, 0.1) is 12.8 Å². The molecule has 1 aliphatic heterocycles. The fourth-order valence-electron chi connectivity index (χ4n) is 2.37. The summed E-state index contributed by atoms with van der Waals surface area (Å²) in [4.78, 5) is 14.2. The second-order valence-corrected chi connectivity index (χ2v) is 8.84. The molecule has 10 heteroatoms. The van der Waals surface area contributed by atoms with Gasteiger partial charge in [0.15, 0.2) is 0 Å². The van der Waals surface area contributed by atoms with Crippen LogP contribution >= 0.6 is 22.0 Å². The summed E-state index contributed by atoms with van der Waals surface area (Å²) in [7, 11) is 1.59. The van der Waals surface area contributed by atoms with Crippen molar-refractivity contribution in [3.63, 3.8) is 0 Å². The van der Waals surface area contributed by atoms with E-state index in [9.17, 15) is 13.2 Å². The van der Waals surface area contributed by atoms with Crippen LogP contribution < -0.4 is 4.90 Å². The first-order valence-electron chi connectivity index (χ1n) is 6.44. The van der Waals surface area contributed by atoms with Gasteiger partial charge in [-0.1, -0.05) is 5.10 Å². The SMILES string of the molecule is Cc1ccsc1-c1nnc(N2CC(CS(=O)(=O)Cl)CC2=O)o1. The van der Waals surface area contributed by atoms with Crippen molar-refractivity contribution in [2.45, 2.75) is 13.3 Å². The zero-order chi connectivity index (χ0) is 15.9. The molecule has 3 heterocycles. The molecule has 0 aromatic carbocycles. The molecule has 0 bridgehead atoms. The van der Waals surface area contributed by atoms with Crippen LogP contribution in [0.2, 0.25) is 0 Å². The Morgan fingerprint density at radius 2 is 2.27 bits per heavy atom. The molecule has 1 unspecified atom stereocenters. The van der Waals surface area contributed by atoms with Crippen molar-refractivity contribution in [3.05, 3.63) is 17.0 Å². The van der Waals surface area contributed by atoms with Gasteiger partial charge < -0.3 is 4.42 Å². The quantitative estimate of drug-likeness (QED) is 0.773. The van der Waals surface area contributed by atoms with Crippen molar-refractivity contribution in [1.82, 2.24) is 10.2 Å². The Bertz CT molecular complexity index is 814. The van der Waals surface area contributed by atoms with Gasteiger partial charge in [-0.3, -0.25) is 9.69 Å². The predicted octanol–water partition coefficient (Wildman–Crippen LogP) is 2.03. The van der Waals surface area contributed by atoms with Crippen LogP contribution in [0.4, 0.5) is 6.01 Å². The summed E-state index contributed by atoms with van der Waals surface area (Å²) in [5.74, 6) is -0.511. The average Bonchev–Trinajstić information content (AvgIpc) is 3.07. The Morgan fingerprint density at radius 1 is 1.50 bits per heavy atom. The molecule has 2 aromatic heterocycles. The number of aromatic nitrogens is 2. The summed E-state index contributed by atoms with van der Waals surface area (Å²) >= 11 is 1.47. The zero-order valence-electron chi connectivity index (χ0n) is 11.5. The summed E-state index contributed by atoms with van der Waals surface area (Å²) in [5.41, 5.74) is 1.01. The molecule has 1 saturated heterocycles. The van der Waals surface area contributed by atoms with Crippen LogP contribution in [0.25, 0.3) is 10.8 Å². The number of halogens is 1. The maximum Gasteiger partial charge on any atom is 0.325 e. The van der Waals surface area contributed by atoms with Gasteiger partial charge >= 0.3 is 6.01 Å². The number of hydrogen-bond donors (Lipinski definition) is 0. The number of anilines is 1. The Labute approximate surface area is 135 Å².